The van der Waals surface area contributed by atoms with Crippen molar-refractivity contribution < 1.29 is 13.2 Å². The van der Waals surface area contributed by atoms with Crippen molar-refractivity contribution >= 4 is 33.0 Å². The topological polar surface area (TPSA) is 63.2 Å². The highest BCUT2D eigenvalue weighted by Gasteiger charge is 2.54. The quantitative estimate of drug-likeness (QED) is 0.783. The van der Waals surface area contributed by atoms with Gasteiger partial charge in [0.25, 0.3) is 0 Å². The maximum atomic E-state index is 12.2. The molecule has 3 rings (SSSR count). The molecule has 4 nitrogen and oxygen atoms in total. The molecule has 0 radical (unpaired) electrons. The van der Waals surface area contributed by atoms with Gasteiger partial charge in [-0.15, -0.1) is 0 Å². The van der Waals surface area contributed by atoms with Crippen LogP contribution in [0.25, 0.3) is 0 Å². The second-order valence-corrected chi connectivity index (χ2v) is 7.03. The highest BCUT2D eigenvalue weighted by Crippen LogP contribution is 2.50. The number of hydrogen-bond donors (Lipinski definition) is 1. The molecule has 1 amide bonds. The normalized spacial score (nSPS) is 23.7. The third-order valence-corrected chi connectivity index (χ3v) is 5.52. The second kappa shape index (κ2) is 3.23. The number of carbonyl (C=O) groups excluding carboxylic acids is 1. The van der Waals surface area contributed by atoms with Crippen LogP contribution in [-0.2, 0) is 14.6 Å². The Morgan fingerprint density at radius 2 is 2.00 bits per heavy atom. The fourth-order valence-electron chi connectivity index (χ4n) is 2.16. The molecule has 6 heteroatoms. The second-order valence-electron chi connectivity index (χ2n) is 4.63. The molecule has 0 unspecified atom stereocenters. The monoisotopic (exact) mass is 271 g/mol. The van der Waals surface area contributed by atoms with E-state index in [1.54, 1.807) is 0 Å². The molecule has 1 fully saturated rings. The van der Waals surface area contributed by atoms with Crippen LogP contribution < -0.4 is 5.32 Å². The van der Waals surface area contributed by atoms with Crippen molar-refractivity contribution in [2.75, 3.05) is 11.1 Å². The maximum Gasteiger partial charge on any atom is 0.231 e. The third-order valence-electron chi connectivity index (χ3n) is 3.33. The van der Waals surface area contributed by atoms with Crippen molar-refractivity contribution in [3.8, 4) is 0 Å². The fraction of sp³-hybridized carbons (Fsp3) is 0.364. The number of amides is 1. The average molecular weight is 272 g/mol. The van der Waals surface area contributed by atoms with Crippen molar-refractivity contribution in [2.45, 2.75) is 17.7 Å². The SMILES string of the molecule is O=C1Nc2cc(Cl)ccc2S(=O)(=O)CC12CC2. The lowest BCUT2D eigenvalue weighted by Gasteiger charge is -2.08. The van der Waals surface area contributed by atoms with Crippen LogP contribution in [0, 0.1) is 5.41 Å². The summed E-state index contributed by atoms with van der Waals surface area (Å²) in [5.74, 6) is -0.303. The Labute approximate surface area is 104 Å². The molecule has 1 N–H and O–H groups in total. The Hall–Kier alpha value is -1.07. The first-order chi connectivity index (χ1) is 7.93. The van der Waals surface area contributed by atoms with Crippen LogP contribution in [-0.4, -0.2) is 20.1 Å². The summed E-state index contributed by atoms with van der Waals surface area (Å²) in [4.78, 5) is 12.1. The number of hydrogen-bond acceptors (Lipinski definition) is 3. The van der Waals surface area contributed by atoms with E-state index in [-0.39, 0.29) is 16.6 Å². The first-order valence-electron chi connectivity index (χ1n) is 5.27. The van der Waals surface area contributed by atoms with Gasteiger partial charge in [0.05, 0.1) is 21.8 Å². The van der Waals surface area contributed by atoms with Gasteiger partial charge in [0.15, 0.2) is 9.84 Å². The number of fused-ring (bicyclic) bond motifs is 1. The van der Waals surface area contributed by atoms with E-state index in [0.717, 1.165) is 0 Å². The molecule has 0 aromatic heterocycles. The van der Waals surface area contributed by atoms with Gasteiger partial charge >= 0.3 is 0 Å². The summed E-state index contributed by atoms with van der Waals surface area (Å²) in [6.45, 7) is 0. The number of rotatable bonds is 0. The van der Waals surface area contributed by atoms with Gasteiger partial charge in [-0.2, -0.15) is 0 Å². The van der Waals surface area contributed by atoms with Gasteiger partial charge in [0, 0.05) is 5.02 Å². The summed E-state index contributed by atoms with van der Waals surface area (Å²) < 4.78 is 24.3. The third kappa shape index (κ3) is 1.65. The highest BCUT2D eigenvalue weighted by molar-refractivity contribution is 7.91. The summed E-state index contributed by atoms with van der Waals surface area (Å²) >= 11 is 5.81. The summed E-state index contributed by atoms with van der Waals surface area (Å²) in [7, 11) is -3.42. The van der Waals surface area contributed by atoms with Crippen LogP contribution in [0.2, 0.25) is 5.02 Å². The van der Waals surface area contributed by atoms with Gasteiger partial charge < -0.3 is 5.32 Å². The first-order valence-corrected chi connectivity index (χ1v) is 7.30. The zero-order valence-corrected chi connectivity index (χ0v) is 10.4. The Balaban J connectivity index is 2.21. The minimum absolute atomic E-state index is 0.0968. The Bertz CT molecular complexity index is 620. The molecule has 1 aliphatic heterocycles. The zero-order valence-electron chi connectivity index (χ0n) is 8.86. The minimum Gasteiger partial charge on any atom is -0.324 e. The van der Waals surface area contributed by atoms with Crippen LogP contribution in [0.4, 0.5) is 5.69 Å². The number of nitrogens with one attached hydrogen (secondary N) is 1. The van der Waals surface area contributed by atoms with Crippen molar-refractivity contribution in [1.82, 2.24) is 0 Å². The van der Waals surface area contributed by atoms with Crippen LogP contribution in [0.1, 0.15) is 12.8 Å². The molecule has 0 atom stereocenters. The number of sulfone groups is 1. The molecule has 1 saturated carbocycles. The molecule has 1 aromatic rings. The molecule has 2 aliphatic rings. The van der Waals surface area contributed by atoms with E-state index in [1.807, 2.05) is 0 Å². The highest BCUT2D eigenvalue weighted by atomic mass is 35.5. The van der Waals surface area contributed by atoms with E-state index in [1.165, 1.54) is 18.2 Å². The van der Waals surface area contributed by atoms with Gasteiger partial charge in [0.2, 0.25) is 5.91 Å². The van der Waals surface area contributed by atoms with E-state index >= 15 is 0 Å². The molecule has 0 saturated heterocycles. The summed E-state index contributed by atoms with van der Waals surface area (Å²) in [6.07, 6.45) is 1.28. The minimum atomic E-state index is -3.42. The maximum absolute atomic E-state index is 12.2. The molecular weight excluding hydrogens is 262 g/mol. The molecule has 0 bridgehead atoms. The van der Waals surface area contributed by atoms with Gasteiger partial charge in [0.1, 0.15) is 0 Å². The van der Waals surface area contributed by atoms with Crippen LogP contribution in [0.3, 0.4) is 0 Å². The predicted molar refractivity (Wildman–Crippen MR) is 63.8 cm³/mol. The van der Waals surface area contributed by atoms with E-state index in [9.17, 15) is 13.2 Å². The lowest BCUT2D eigenvalue weighted by molar-refractivity contribution is -0.120. The number of anilines is 1. The predicted octanol–water partition coefficient (Wildman–Crippen LogP) is 1.85. The average Bonchev–Trinajstić information content (AvgIpc) is 2.97. The standard InChI is InChI=1S/C11H10ClNO3S/c12-7-1-2-9-8(5-7)13-10(14)11(3-4-11)6-17(9,15)16/h1-2,5H,3-4,6H2,(H,13,14). The zero-order chi connectivity index (χ0) is 12.3. The number of halogens is 1. The molecule has 1 spiro atoms. The van der Waals surface area contributed by atoms with Crippen molar-refractivity contribution in [2.24, 2.45) is 5.41 Å². The molecule has 1 aromatic carbocycles. The van der Waals surface area contributed by atoms with Gasteiger partial charge in [-0.1, -0.05) is 11.6 Å². The van der Waals surface area contributed by atoms with Gasteiger partial charge in [-0.3, -0.25) is 4.79 Å². The number of carbonyl (C=O) groups is 1. The smallest absolute Gasteiger partial charge is 0.231 e. The summed E-state index contributed by atoms with van der Waals surface area (Å²) in [5.41, 5.74) is -0.407. The Kier molecular flexibility index (Phi) is 2.10. The molecule has 17 heavy (non-hydrogen) atoms. The molecular formula is C11H10ClNO3S. The van der Waals surface area contributed by atoms with Crippen molar-refractivity contribution in [3.05, 3.63) is 23.2 Å². The largest absolute Gasteiger partial charge is 0.324 e. The molecule has 90 valence electrons. The lowest BCUT2D eigenvalue weighted by Crippen LogP contribution is -2.27. The van der Waals surface area contributed by atoms with E-state index in [2.05, 4.69) is 5.32 Å². The van der Waals surface area contributed by atoms with Crippen LogP contribution >= 0.6 is 11.6 Å². The van der Waals surface area contributed by atoms with Crippen molar-refractivity contribution in [3.63, 3.8) is 0 Å². The van der Waals surface area contributed by atoms with E-state index in [0.29, 0.717) is 23.6 Å². The van der Waals surface area contributed by atoms with Gasteiger partial charge in [-0.05, 0) is 31.0 Å². The van der Waals surface area contributed by atoms with Crippen LogP contribution in [0.5, 0.6) is 0 Å². The lowest BCUT2D eigenvalue weighted by atomic mass is 10.1. The summed E-state index contributed by atoms with van der Waals surface area (Å²) in [5, 5.41) is 3.08. The van der Waals surface area contributed by atoms with Crippen molar-refractivity contribution in [1.29, 1.82) is 0 Å². The van der Waals surface area contributed by atoms with E-state index in [4.69, 9.17) is 11.6 Å². The molecule has 1 aliphatic carbocycles. The summed E-state index contributed by atoms with van der Waals surface area (Å²) in [6, 6.07) is 4.46. The Morgan fingerprint density at radius 1 is 1.29 bits per heavy atom. The van der Waals surface area contributed by atoms with E-state index < -0.39 is 15.3 Å². The van der Waals surface area contributed by atoms with Crippen LogP contribution in [0.15, 0.2) is 23.1 Å². The number of benzene rings is 1. The fourth-order valence-corrected chi connectivity index (χ4v) is 4.35. The Morgan fingerprint density at radius 3 is 2.65 bits per heavy atom. The molecule has 1 heterocycles. The first kappa shape index (κ1) is 11.0. The van der Waals surface area contributed by atoms with Gasteiger partial charge in [-0.25, -0.2) is 8.42 Å².